The second-order valence-corrected chi connectivity index (χ2v) is 6.12. The first-order chi connectivity index (χ1) is 12.4. The third kappa shape index (κ3) is 2.89. The predicted octanol–water partition coefficient (Wildman–Crippen LogP) is 4.34. The Morgan fingerprint density at radius 3 is 2.46 bits per heavy atom. The van der Waals surface area contributed by atoms with Gasteiger partial charge < -0.3 is 14.2 Å². The molecule has 0 radical (unpaired) electrons. The van der Waals surface area contributed by atoms with Crippen molar-refractivity contribution in [3.63, 3.8) is 0 Å². The average Bonchev–Trinajstić information content (AvgIpc) is 3.18. The maximum absolute atomic E-state index is 13.4. The van der Waals surface area contributed by atoms with E-state index >= 15 is 0 Å². The fraction of sp³-hybridized carbons (Fsp3) is 0.0588. The van der Waals surface area contributed by atoms with Crippen LogP contribution in [0.3, 0.4) is 0 Å². The molecule has 2 aromatic rings. The summed E-state index contributed by atoms with van der Waals surface area (Å²) in [5, 5.41) is 0.168. The van der Waals surface area contributed by atoms with Crippen molar-refractivity contribution in [2.24, 2.45) is 4.99 Å². The highest BCUT2D eigenvalue weighted by Gasteiger charge is 2.27. The molecule has 0 saturated carbocycles. The molecule has 0 aromatic heterocycles. The molecule has 9 heteroatoms. The van der Waals surface area contributed by atoms with Crippen LogP contribution in [0.15, 0.2) is 35.0 Å². The fourth-order valence-corrected chi connectivity index (χ4v) is 2.84. The van der Waals surface area contributed by atoms with Gasteiger partial charge in [-0.2, -0.15) is 0 Å². The second kappa shape index (κ2) is 6.26. The summed E-state index contributed by atoms with van der Waals surface area (Å²) in [4.78, 5) is 16.1. The van der Waals surface area contributed by atoms with Crippen LogP contribution in [0.5, 0.6) is 11.5 Å². The van der Waals surface area contributed by atoms with E-state index in [1.54, 1.807) is 12.1 Å². The lowest BCUT2D eigenvalue weighted by Gasteiger charge is -2.03. The molecule has 0 amide bonds. The third-order valence-corrected chi connectivity index (χ3v) is 4.29. The van der Waals surface area contributed by atoms with E-state index in [-0.39, 0.29) is 29.0 Å². The number of esters is 1. The molecule has 132 valence electrons. The van der Waals surface area contributed by atoms with Gasteiger partial charge in [0.15, 0.2) is 28.8 Å². The van der Waals surface area contributed by atoms with Crippen LogP contribution in [0.1, 0.15) is 11.1 Å². The maximum atomic E-state index is 13.4. The van der Waals surface area contributed by atoms with Crippen LogP contribution in [-0.2, 0) is 9.53 Å². The van der Waals surface area contributed by atoms with Crippen molar-refractivity contribution in [2.45, 2.75) is 0 Å². The van der Waals surface area contributed by atoms with Crippen molar-refractivity contribution in [1.82, 2.24) is 0 Å². The topological polar surface area (TPSA) is 57.1 Å². The number of hydrogen-bond acceptors (Lipinski definition) is 5. The molecule has 2 aliphatic rings. The van der Waals surface area contributed by atoms with Gasteiger partial charge in [-0.1, -0.05) is 23.2 Å². The molecule has 0 atom stereocenters. The van der Waals surface area contributed by atoms with Crippen LogP contribution >= 0.6 is 23.2 Å². The molecular formula is C17H7Cl2F2NO4. The molecule has 0 aliphatic carbocycles. The first-order valence-electron chi connectivity index (χ1n) is 7.19. The lowest BCUT2D eigenvalue weighted by atomic mass is 10.1. The van der Waals surface area contributed by atoms with E-state index in [1.165, 1.54) is 6.08 Å². The van der Waals surface area contributed by atoms with E-state index in [2.05, 4.69) is 4.99 Å². The molecule has 2 aliphatic heterocycles. The monoisotopic (exact) mass is 397 g/mol. The lowest BCUT2D eigenvalue weighted by Crippen LogP contribution is -2.07. The summed E-state index contributed by atoms with van der Waals surface area (Å²) < 4.78 is 42.1. The number of aliphatic imine (C=N–C) groups is 1. The van der Waals surface area contributed by atoms with Crippen LogP contribution in [0.2, 0.25) is 10.0 Å². The van der Waals surface area contributed by atoms with Crippen molar-refractivity contribution < 1.29 is 27.8 Å². The Morgan fingerprint density at radius 2 is 1.69 bits per heavy atom. The summed E-state index contributed by atoms with van der Waals surface area (Å²) in [5.74, 6) is -2.31. The largest absolute Gasteiger partial charge is 0.454 e. The first kappa shape index (κ1) is 16.8. The second-order valence-electron chi connectivity index (χ2n) is 5.31. The maximum Gasteiger partial charge on any atom is 0.363 e. The molecule has 0 fully saturated rings. The number of nitrogens with zero attached hydrogens (tertiary/aromatic N) is 1. The van der Waals surface area contributed by atoms with E-state index in [4.69, 9.17) is 37.4 Å². The highest BCUT2D eigenvalue weighted by molar-refractivity contribution is 6.34. The third-order valence-electron chi connectivity index (χ3n) is 3.64. The van der Waals surface area contributed by atoms with Gasteiger partial charge >= 0.3 is 5.97 Å². The summed E-state index contributed by atoms with van der Waals surface area (Å²) in [6.45, 7) is 0.0741. The smallest absolute Gasteiger partial charge is 0.363 e. The molecule has 0 unspecified atom stereocenters. The minimum Gasteiger partial charge on any atom is -0.454 e. The van der Waals surface area contributed by atoms with Gasteiger partial charge in [0, 0.05) is 6.07 Å². The average molecular weight is 398 g/mol. The number of ether oxygens (including phenoxy) is 3. The van der Waals surface area contributed by atoms with E-state index in [1.807, 2.05) is 0 Å². The zero-order chi connectivity index (χ0) is 18.4. The van der Waals surface area contributed by atoms with Crippen molar-refractivity contribution in [3.05, 3.63) is 62.8 Å². The quantitative estimate of drug-likeness (QED) is 0.429. The van der Waals surface area contributed by atoms with Gasteiger partial charge in [0.05, 0.1) is 15.6 Å². The first-order valence-corrected chi connectivity index (χ1v) is 7.94. The van der Waals surface area contributed by atoms with Gasteiger partial charge in [-0.25, -0.2) is 18.6 Å². The van der Waals surface area contributed by atoms with Crippen molar-refractivity contribution in [1.29, 1.82) is 0 Å². The number of carbonyl (C=O) groups excluding carboxylic acids is 1. The SMILES string of the molecule is O=C1OC(c2cc(F)c(F)cc2Cl)=N/C1=C/c1cc2c(cc1Cl)OCO2. The van der Waals surface area contributed by atoms with Gasteiger partial charge in [0.2, 0.25) is 12.7 Å². The zero-order valence-electron chi connectivity index (χ0n) is 12.7. The molecule has 0 bridgehead atoms. The Kier molecular flexibility index (Phi) is 4.05. The number of hydrogen-bond donors (Lipinski definition) is 0. The normalized spacial score (nSPS) is 16.8. The van der Waals surface area contributed by atoms with Crippen LogP contribution in [0, 0.1) is 11.6 Å². The van der Waals surface area contributed by atoms with Crippen LogP contribution in [-0.4, -0.2) is 18.7 Å². The minimum atomic E-state index is -1.14. The molecule has 2 heterocycles. The Morgan fingerprint density at radius 1 is 1.00 bits per heavy atom. The Labute approximate surface area is 155 Å². The van der Waals surface area contributed by atoms with Gasteiger partial charge in [-0.15, -0.1) is 0 Å². The zero-order valence-corrected chi connectivity index (χ0v) is 14.2. The lowest BCUT2D eigenvalue weighted by molar-refractivity contribution is -0.129. The fourth-order valence-electron chi connectivity index (χ4n) is 2.40. The van der Waals surface area contributed by atoms with Gasteiger partial charge in [0.25, 0.3) is 0 Å². The van der Waals surface area contributed by atoms with Crippen molar-refractivity contribution in [3.8, 4) is 11.5 Å². The molecular weight excluding hydrogens is 391 g/mol. The van der Waals surface area contributed by atoms with E-state index in [9.17, 15) is 13.6 Å². The number of halogens is 4. The molecule has 4 rings (SSSR count). The molecule has 2 aromatic carbocycles. The van der Waals surface area contributed by atoms with Crippen LogP contribution in [0.4, 0.5) is 8.78 Å². The van der Waals surface area contributed by atoms with Crippen LogP contribution < -0.4 is 9.47 Å². The molecule has 5 nitrogen and oxygen atoms in total. The summed E-state index contributed by atoms with van der Waals surface area (Å²) >= 11 is 12.0. The molecule has 26 heavy (non-hydrogen) atoms. The molecule has 0 N–H and O–H groups in total. The predicted molar refractivity (Wildman–Crippen MR) is 89.5 cm³/mol. The van der Waals surface area contributed by atoms with Crippen LogP contribution in [0.25, 0.3) is 6.08 Å². The summed E-state index contributed by atoms with van der Waals surface area (Å²) in [7, 11) is 0. The summed E-state index contributed by atoms with van der Waals surface area (Å²) in [5.41, 5.74) is 0.324. The number of fused-ring (bicyclic) bond motifs is 1. The molecule has 0 spiro atoms. The van der Waals surface area contributed by atoms with E-state index < -0.39 is 17.6 Å². The Hall–Kier alpha value is -2.64. The van der Waals surface area contributed by atoms with Crippen molar-refractivity contribution >= 4 is 41.1 Å². The minimum absolute atomic E-state index is 0.0425. The number of rotatable bonds is 2. The van der Waals surface area contributed by atoms with Gasteiger partial charge in [0.1, 0.15) is 0 Å². The molecule has 0 saturated heterocycles. The standard InChI is InChI=1S/C17H7Cl2F2NO4/c18-9-5-15-14(24-6-25-15)2-7(9)1-13-17(23)26-16(22-13)8-3-11(20)12(21)4-10(8)19/h1-5H,6H2/b13-1+. The van der Waals surface area contributed by atoms with Gasteiger partial charge in [-0.3, -0.25) is 0 Å². The number of cyclic esters (lactones) is 1. The number of benzene rings is 2. The van der Waals surface area contributed by atoms with Crippen molar-refractivity contribution in [2.75, 3.05) is 6.79 Å². The highest BCUT2D eigenvalue weighted by Crippen LogP contribution is 2.38. The highest BCUT2D eigenvalue weighted by atomic mass is 35.5. The Bertz CT molecular complexity index is 1020. The van der Waals surface area contributed by atoms with E-state index in [0.29, 0.717) is 22.1 Å². The van der Waals surface area contributed by atoms with E-state index in [0.717, 1.165) is 12.1 Å². The van der Waals surface area contributed by atoms with Gasteiger partial charge in [-0.05, 0) is 29.8 Å². The number of carbonyl (C=O) groups is 1. The summed E-state index contributed by atoms with van der Waals surface area (Å²) in [6, 6.07) is 4.72. The summed E-state index contributed by atoms with van der Waals surface area (Å²) in [6.07, 6.45) is 1.38. The Balaban J connectivity index is 1.74.